The van der Waals surface area contributed by atoms with Crippen LogP contribution in [0, 0.1) is 5.92 Å². The molecule has 1 aliphatic carbocycles. The van der Waals surface area contributed by atoms with Gasteiger partial charge in [-0.2, -0.15) is 0 Å². The second-order valence-corrected chi connectivity index (χ2v) is 3.72. The third-order valence-corrected chi connectivity index (χ3v) is 2.62. The van der Waals surface area contributed by atoms with Gasteiger partial charge < -0.3 is 9.84 Å². The molecule has 1 aromatic rings. The summed E-state index contributed by atoms with van der Waals surface area (Å²) in [4.78, 5) is 8.10. The first-order valence-electron chi connectivity index (χ1n) is 4.75. The highest BCUT2D eigenvalue weighted by molar-refractivity contribution is 5.13. The Morgan fingerprint density at radius 2 is 2.36 bits per heavy atom. The number of ether oxygens (including phenoxy) is 1. The summed E-state index contributed by atoms with van der Waals surface area (Å²) in [5, 5.41) is 10.4. The Morgan fingerprint density at radius 3 is 2.86 bits per heavy atom. The Kier molecular flexibility index (Phi) is 2.48. The van der Waals surface area contributed by atoms with Gasteiger partial charge in [0.2, 0.25) is 0 Å². The molecule has 0 aromatic carbocycles. The minimum Gasteiger partial charge on any atom is -0.381 e. The van der Waals surface area contributed by atoms with Gasteiger partial charge in [0.05, 0.1) is 18.5 Å². The van der Waals surface area contributed by atoms with Crippen molar-refractivity contribution in [1.29, 1.82) is 0 Å². The van der Waals surface area contributed by atoms with Gasteiger partial charge in [0.25, 0.3) is 0 Å². The van der Waals surface area contributed by atoms with Crippen molar-refractivity contribution in [2.45, 2.75) is 18.4 Å². The van der Waals surface area contributed by atoms with Gasteiger partial charge in [-0.15, -0.1) is 0 Å². The fraction of sp³-hybridized carbons (Fsp3) is 0.600. The molecule has 76 valence electrons. The van der Waals surface area contributed by atoms with E-state index in [1.54, 1.807) is 25.7 Å². The van der Waals surface area contributed by atoms with E-state index in [1.165, 1.54) is 0 Å². The Labute approximate surface area is 83.0 Å². The lowest BCUT2D eigenvalue weighted by molar-refractivity contribution is -0.0566. The maximum atomic E-state index is 10.4. The summed E-state index contributed by atoms with van der Waals surface area (Å²) in [6, 6.07) is 0. The average Bonchev–Trinajstić information content (AvgIpc) is 3.03. The molecule has 1 saturated carbocycles. The zero-order valence-electron chi connectivity index (χ0n) is 8.18. The predicted molar refractivity (Wildman–Crippen MR) is 50.5 cm³/mol. The summed E-state index contributed by atoms with van der Waals surface area (Å²) < 4.78 is 5.04. The molecule has 1 atom stereocenters. The molecule has 1 N–H and O–H groups in total. The Bertz CT molecular complexity index is 300. The topological polar surface area (TPSA) is 55.2 Å². The summed E-state index contributed by atoms with van der Waals surface area (Å²) >= 11 is 0. The van der Waals surface area contributed by atoms with Crippen LogP contribution in [0.5, 0.6) is 0 Å². The number of hydrogen-bond acceptors (Lipinski definition) is 4. The van der Waals surface area contributed by atoms with Crippen molar-refractivity contribution in [1.82, 2.24) is 9.97 Å². The number of rotatable bonds is 4. The van der Waals surface area contributed by atoms with Crippen LogP contribution in [-0.2, 0) is 10.3 Å². The molecule has 0 aliphatic heterocycles. The van der Waals surface area contributed by atoms with Crippen LogP contribution >= 0.6 is 0 Å². The highest BCUT2D eigenvalue weighted by Gasteiger charge is 2.46. The maximum absolute atomic E-state index is 10.4. The van der Waals surface area contributed by atoms with Crippen LogP contribution < -0.4 is 0 Å². The van der Waals surface area contributed by atoms with Crippen molar-refractivity contribution in [3.63, 3.8) is 0 Å². The molecule has 0 amide bonds. The molecule has 1 heterocycles. The van der Waals surface area contributed by atoms with Crippen molar-refractivity contribution in [2.24, 2.45) is 5.92 Å². The molecule has 1 aromatic heterocycles. The van der Waals surface area contributed by atoms with Crippen LogP contribution in [-0.4, -0.2) is 28.8 Å². The first kappa shape index (κ1) is 9.55. The van der Waals surface area contributed by atoms with E-state index in [0.717, 1.165) is 12.8 Å². The minimum absolute atomic E-state index is 0.277. The van der Waals surface area contributed by atoms with Crippen LogP contribution in [0.15, 0.2) is 18.6 Å². The average molecular weight is 194 g/mol. The maximum Gasteiger partial charge on any atom is 0.134 e. The zero-order chi connectivity index (χ0) is 10.0. The molecular weight excluding hydrogens is 180 g/mol. The molecule has 1 unspecified atom stereocenters. The summed E-state index contributed by atoms with van der Waals surface area (Å²) in [6.45, 7) is 0.288. The molecule has 14 heavy (non-hydrogen) atoms. The summed E-state index contributed by atoms with van der Waals surface area (Å²) in [6.07, 6.45) is 6.88. The van der Waals surface area contributed by atoms with E-state index in [0.29, 0.717) is 5.69 Å². The first-order chi connectivity index (χ1) is 6.77. The molecular formula is C10H14N2O2. The number of hydrogen-bond donors (Lipinski definition) is 1. The van der Waals surface area contributed by atoms with Gasteiger partial charge >= 0.3 is 0 Å². The highest BCUT2D eigenvalue weighted by Crippen LogP contribution is 2.44. The fourth-order valence-corrected chi connectivity index (χ4v) is 1.70. The highest BCUT2D eigenvalue weighted by atomic mass is 16.5. The van der Waals surface area contributed by atoms with Crippen molar-refractivity contribution in [3.05, 3.63) is 24.3 Å². The van der Waals surface area contributed by atoms with Gasteiger partial charge in [-0.05, 0) is 18.8 Å². The van der Waals surface area contributed by atoms with Gasteiger partial charge in [-0.25, -0.2) is 0 Å². The van der Waals surface area contributed by atoms with Crippen molar-refractivity contribution in [2.75, 3.05) is 13.7 Å². The summed E-state index contributed by atoms with van der Waals surface area (Å²) in [5.41, 5.74) is -0.326. The van der Waals surface area contributed by atoms with Gasteiger partial charge in [-0.3, -0.25) is 9.97 Å². The van der Waals surface area contributed by atoms with E-state index in [1.807, 2.05) is 0 Å². The van der Waals surface area contributed by atoms with Crippen LogP contribution in [0.4, 0.5) is 0 Å². The zero-order valence-corrected chi connectivity index (χ0v) is 8.18. The van der Waals surface area contributed by atoms with E-state index in [4.69, 9.17) is 4.74 Å². The van der Waals surface area contributed by atoms with E-state index < -0.39 is 5.60 Å². The molecule has 0 radical (unpaired) electrons. The first-order valence-corrected chi connectivity index (χ1v) is 4.75. The number of aliphatic hydroxyl groups is 1. The SMILES string of the molecule is COCC(O)(c1cnccn1)C1CC1. The van der Waals surface area contributed by atoms with Gasteiger partial charge in [0.15, 0.2) is 0 Å². The standard InChI is InChI=1S/C10H14N2O2/c1-14-7-10(13,8-2-3-8)9-6-11-4-5-12-9/h4-6,8,13H,2-3,7H2,1H3. The van der Waals surface area contributed by atoms with Gasteiger partial charge in [0.1, 0.15) is 5.60 Å². The number of methoxy groups -OCH3 is 1. The Balaban J connectivity index is 2.26. The molecule has 2 rings (SSSR count). The lowest BCUT2D eigenvalue weighted by Gasteiger charge is -2.26. The summed E-state index contributed by atoms with van der Waals surface area (Å²) in [7, 11) is 1.59. The number of nitrogens with zero attached hydrogens (tertiary/aromatic N) is 2. The Hall–Kier alpha value is -1.00. The normalized spacial score (nSPS) is 20.4. The van der Waals surface area contributed by atoms with Crippen LogP contribution in [0.3, 0.4) is 0 Å². The Morgan fingerprint density at radius 1 is 1.57 bits per heavy atom. The third-order valence-electron chi connectivity index (χ3n) is 2.62. The third kappa shape index (κ3) is 1.63. The molecule has 1 aliphatic rings. The molecule has 0 saturated heterocycles. The van der Waals surface area contributed by atoms with Crippen LogP contribution in [0.25, 0.3) is 0 Å². The van der Waals surface area contributed by atoms with Crippen molar-refractivity contribution < 1.29 is 9.84 Å². The van der Waals surface area contributed by atoms with E-state index >= 15 is 0 Å². The van der Waals surface area contributed by atoms with E-state index in [2.05, 4.69) is 9.97 Å². The van der Waals surface area contributed by atoms with Crippen molar-refractivity contribution >= 4 is 0 Å². The van der Waals surface area contributed by atoms with Gasteiger partial charge in [-0.1, -0.05) is 0 Å². The molecule has 0 bridgehead atoms. The number of aromatic nitrogens is 2. The lowest BCUT2D eigenvalue weighted by atomic mass is 9.95. The van der Waals surface area contributed by atoms with Crippen LogP contribution in [0.1, 0.15) is 18.5 Å². The largest absolute Gasteiger partial charge is 0.381 e. The van der Waals surface area contributed by atoms with E-state index in [9.17, 15) is 5.11 Å². The molecule has 1 fully saturated rings. The molecule has 4 heteroatoms. The predicted octanol–water partition coefficient (Wildman–Crippen LogP) is 0.721. The molecule has 4 nitrogen and oxygen atoms in total. The van der Waals surface area contributed by atoms with Crippen LogP contribution in [0.2, 0.25) is 0 Å². The second-order valence-electron chi connectivity index (χ2n) is 3.72. The second kappa shape index (κ2) is 3.63. The smallest absolute Gasteiger partial charge is 0.134 e. The summed E-state index contributed by atoms with van der Waals surface area (Å²) in [5.74, 6) is 0.277. The van der Waals surface area contributed by atoms with E-state index in [-0.39, 0.29) is 12.5 Å². The lowest BCUT2D eigenvalue weighted by Crippen LogP contribution is -2.34. The monoisotopic (exact) mass is 194 g/mol. The fourth-order valence-electron chi connectivity index (χ4n) is 1.70. The minimum atomic E-state index is -0.941. The van der Waals surface area contributed by atoms with Gasteiger partial charge in [0, 0.05) is 19.5 Å². The van der Waals surface area contributed by atoms with Crippen molar-refractivity contribution in [3.8, 4) is 0 Å². The molecule has 0 spiro atoms. The quantitative estimate of drug-likeness (QED) is 0.767.